The molecule has 1 aromatic carbocycles. The molecule has 2 aliphatic heterocycles. The molecule has 0 radical (unpaired) electrons. The van der Waals surface area contributed by atoms with E-state index in [9.17, 15) is 19.5 Å². The second-order valence-electron chi connectivity index (χ2n) is 7.66. The molecule has 27 heavy (non-hydrogen) atoms. The van der Waals surface area contributed by atoms with E-state index in [-0.39, 0.29) is 36.9 Å². The molecule has 1 aromatic rings. The minimum absolute atomic E-state index is 0.0649. The van der Waals surface area contributed by atoms with Crippen LogP contribution in [0.25, 0.3) is 0 Å². The van der Waals surface area contributed by atoms with E-state index in [0.717, 1.165) is 12.8 Å². The van der Waals surface area contributed by atoms with Gasteiger partial charge in [-0.1, -0.05) is 12.1 Å². The first kappa shape index (κ1) is 17.6. The molecule has 144 valence electrons. The third-order valence-corrected chi connectivity index (χ3v) is 5.91. The van der Waals surface area contributed by atoms with Crippen molar-refractivity contribution in [1.29, 1.82) is 0 Å². The van der Waals surface area contributed by atoms with Crippen molar-refractivity contribution in [3.8, 4) is 5.75 Å². The minimum Gasteiger partial charge on any atom is -0.495 e. The van der Waals surface area contributed by atoms with Crippen molar-refractivity contribution >= 4 is 23.6 Å². The number of carboxylic acids is 1. The number of hydrogen-bond acceptors (Lipinski definition) is 4. The van der Waals surface area contributed by atoms with Crippen LogP contribution in [0.15, 0.2) is 24.3 Å². The van der Waals surface area contributed by atoms with E-state index in [1.807, 2.05) is 0 Å². The number of carbonyl (C=O) groups is 3. The Kier molecular flexibility index (Phi) is 4.20. The van der Waals surface area contributed by atoms with E-state index >= 15 is 0 Å². The molecule has 2 N–H and O–H groups in total. The molecule has 0 spiro atoms. The van der Waals surface area contributed by atoms with Crippen molar-refractivity contribution in [2.75, 3.05) is 38.6 Å². The smallest absolute Gasteiger partial charge is 0.321 e. The Bertz CT molecular complexity index is 793. The van der Waals surface area contributed by atoms with Gasteiger partial charge in [0.25, 0.3) is 0 Å². The maximum Gasteiger partial charge on any atom is 0.321 e. The Morgan fingerprint density at radius 3 is 2.44 bits per heavy atom. The van der Waals surface area contributed by atoms with Crippen molar-refractivity contribution in [2.24, 2.45) is 17.3 Å². The van der Waals surface area contributed by atoms with E-state index in [0.29, 0.717) is 24.5 Å². The summed E-state index contributed by atoms with van der Waals surface area (Å²) in [5.74, 6) is -0.513. The van der Waals surface area contributed by atoms with Gasteiger partial charge in [0.2, 0.25) is 5.91 Å². The normalized spacial score (nSPS) is 26.6. The monoisotopic (exact) mass is 373 g/mol. The first-order valence-corrected chi connectivity index (χ1v) is 9.16. The largest absolute Gasteiger partial charge is 0.495 e. The quantitative estimate of drug-likeness (QED) is 0.833. The van der Waals surface area contributed by atoms with Crippen LogP contribution in [0.3, 0.4) is 0 Å². The van der Waals surface area contributed by atoms with Crippen LogP contribution in [0.1, 0.15) is 12.8 Å². The SMILES string of the molecule is COc1ccccc1NC(=O)N1C[C@@H]2CN(C(=O)C3CC3)C[C@]2(C(=O)O)C1. The summed E-state index contributed by atoms with van der Waals surface area (Å²) in [6.45, 7) is 1.00. The van der Waals surface area contributed by atoms with E-state index in [2.05, 4.69) is 5.32 Å². The first-order chi connectivity index (χ1) is 12.9. The fraction of sp³-hybridized carbons (Fsp3) is 0.526. The lowest BCUT2D eigenvalue weighted by Gasteiger charge is -2.25. The molecule has 3 amide bonds. The summed E-state index contributed by atoms with van der Waals surface area (Å²) in [7, 11) is 1.52. The molecule has 1 saturated carbocycles. The first-order valence-electron chi connectivity index (χ1n) is 9.16. The average molecular weight is 373 g/mol. The summed E-state index contributed by atoms with van der Waals surface area (Å²) >= 11 is 0. The highest BCUT2D eigenvalue weighted by Crippen LogP contribution is 2.45. The van der Waals surface area contributed by atoms with Crippen LogP contribution >= 0.6 is 0 Å². The molecule has 3 fully saturated rings. The third-order valence-electron chi connectivity index (χ3n) is 5.91. The third kappa shape index (κ3) is 2.98. The van der Waals surface area contributed by atoms with Gasteiger partial charge in [-0.2, -0.15) is 0 Å². The lowest BCUT2D eigenvalue weighted by atomic mass is 9.81. The molecule has 2 saturated heterocycles. The number of nitrogens with one attached hydrogen (secondary N) is 1. The second kappa shape index (κ2) is 6.44. The molecule has 0 unspecified atom stereocenters. The average Bonchev–Trinajstić information content (AvgIpc) is 3.33. The molecule has 8 nitrogen and oxygen atoms in total. The Morgan fingerprint density at radius 2 is 1.81 bits per heavy atom. The highest BCUT2D eigenvalue weighted by Gasteiger charge is 2.60. The maximum atomic E-state index is 12.7. The topological polar surface area (TPSA) is 99.2 Å². The summed E-state index contributed by atoms with van der Waals surface area (Å²) in [5.41, 5.74) is -0.542. The van der Waals surface area contributed by atoms with Gasteiger partial charge in [-0.25, -0.2) is 4.79 Å². The Morgan fingerprint density at radius 1 is 1.15 bits per heavy atom. The van der Waals surface area contributed by atoms with Gasteiger partial charge < -0.3 is 25.0 Å². The van der Waals surface area contributed by atoms with Crippen molar-refractivity contribution < 1.29 is 24.2 Å². The van der Waals surface area contributed by atoms with E-state index in [4.69, 9.17) is 4.74 Å². The van der Waals surface area contributed by atoms with Crippen molar-refractivity contribution in [3.05, 3.63) is 24.3 Å². The van der Waals surface area contributed by atoms with Gasteiger partial charge in [0, 0.05) is 38.0 Å². The molecule has 0 aromatic heterocycles. The van der Waals surface area contributed by atoms with E-state index in [1.165, 1.54) is 12.0 Å². The van der Waals surface area contributed by atoms with Crippen molar-refractivity contribution in [3.63, 3.8) is 0 Å². The number of carboxylic acid groups (broad SMARTS) is 1. The lowest BCUT2D eigenvalue weighted by Crippen LogP contribution is -2.44. The maximum absolute atomic E-state index is 12.7. The van der Waals surface area contributed by atoms with Crippen molar-refractivity contribution in [2.45, 2.75) is 12.8 Å². The van der Waals surface area contributed by atoms with Gasteiger partial charge in [-0.15, -0.1) is 0 Å². The molecule has 2 atom stereocenters. The molecule has 3 aliphatic rings. The highest BCUT2D eigenvalue weighted by atomic mass is 16.5. The zero-order valence-electron chi connectivity index (χ0n) is 15.2. The number of para-hydroxylation sites is 2. The summed E-state index contributed by atoms with van der Waals surface area (Å²) in [6.07, 6.45) is 1.79. The number of urea groups is 1. The summed E-state index contributed by atoms with van der Waals surface area (Å²) < 4.78 is 5.24. The number of rotatable bonds is 4. The number of fused-ring (bicyclic) bond motifs is 1. The predicted octanol–water partition coefficient (Wildman–Crippen LogP) is 1.48. The number of likely N-dealkylation sites (tertiary alicyclic amines) is 2. The van der Waals surface area contributed by atoms with Gasteiger partial charge in [0.15, 0.2) is 0 Å². The molecule has 2 heterocycles. The Hall–Kier alpha value is -2.77. The molecular weight excluding hydrogens is 350 g/mol. The Labute approximate surface area is 157 Å². The van der Waals surface area contributed by atoms with Crippen LogP contribution in [0, 0.1) is 17.3 Å². The van der Waals surface area contributed by atoms with Gasteiger partial charge in [0.1, 0.15) is 11.2 Å². The highest BCUT2D eigenvalue weighted by molar-refractivity contribution is 5.92. The van der Waals surface area contributed by atoms with Crippen LogP contribution < -0.4 is 10.1 Å². The Balaban J connectivity index is 1.47. The van der Waals surface area contributed by atoms with Gasteiger partial charge in [0.05, 0.1) is 12.8 Å². The van der Waals surface area contributed by atoms with Crippen LogP contribution in [0.4, 0.5) is 10.5 Å². The summed E-state index contributed by atoms with van der Waals surface area (Å²) in [4.78, 5) is 40.3. The molecular formula is C19H23N3O5. The molecule has 0 bridgehead atoms. The van der Waals surface area contributed by atoms with Crippen LogP contribution in [-0.2, 0) is 9.59 Å². The number of hydrogen-bond donors (Lipinski definition) is 2. The van der Waals surface area contributed by atoms with Crippen LogP contribution in [0.2, 0.25) is 0 Å². The summed E-state index contributed by atoms with van der Waals surface area (Å²) in [5, 5.41) is 12.7. The van der Waals surface area contributed by atoms with Gasteiger partial charge in [-0.05, 0) is 25.0 Å². The number of carbonyl (C=O) groups excluding carboxylic acids is 2. The zero-order chi connectivity index (χ0) is 19.2. The number of benzene rings is 1. The molecule has 1 aliphatic carbocycles. The van der Waals surface area contributed by atoms with Crippen LogP contribution in [-0.4, -0.2) is 66.1 Å². The van der Waals surface area contributed by atoms with E-state index in [1.54, 1.807) is 29.2 Å². The molecule has 8 heteroatoms. The number of methoxy groups -OCH3 is 1. The second-order valence-corrected chi connectivity index (χ2v) is 7.66. The summed E-state index contributed by atoms with van der Waals surface area (Å²) in [6, 6.07) is 6.72. The van der Waals surface area contributed by atoms with E-state index < -0.39 is 11.4 Å². The fourth-order valence-electron chi connectivity index (χ4n) is 4.22. The number of amides is 3. The predicted molar refractivity (Wildman–Crippen MR) is 96.4 cm³/mol. The zero-order valence-corrected chi connectivity index (χ0v) is 15.2. The number of ether oxygens (including phenoxy) is 1. The number of aliphatic carboxylic acids is 1. The minimum atomic E-state index is -1.08. The number of anilines is 1. The van der Waals surface area contributed by atoms with Crippen molar-refractivity contribution in [1.82, 2.24) is 9.80 Å². The lowest BCUT2D eigenvalue weighted by molar-refractivity contribution is -0.149. The standard InChI is InChI=1S/C19H23N3O5/c1-27-15-5-3-2-4-14(15)20-18(26)22-9-13-8-21(16(23)12-6-7-12)10-19(13,11-22)17(24)25/h2-5,12-13H,6-11H2,1H3,(H,20,26)(H,24,25)/t13-,19-/m0/s1. The fourth-order valence-corrected chi connectivity index (χ4v) is 4.22. The van der Waals surface area contributed by atoms with Gasteiger partial charge >= 0.3 is 12.0 Å². The van der Waals surface area contributed by atoms with Gasteiger partial charge in [-0.3, -0.25) is 9.59 Å². The number of nitrogens with zero attached hydrogens (tertiary/aromatic N) is 2. The molecule has 4 rings (SSSR count). The van der Waals surface area contributed by atoms with Crippen LogP contribution in [0.5, 0.6) is 5.75 Å².